The van der Waals surface area contributed by atoms with Crippen LogP contribution in [0.3, 0.4) is 0 Å². The number of nitrogens with one attached hydrogen (secondary N) is 1. The van der Waals surface area contributed by atoms with Gasteiger partial charge in [0.2, 0.25) is 0 Å². The second-order valence-electron chi connectivity index (χ2n) is 8.61. The number of allylic oxidation sites excluding steroid dienone is 3. The Labute approximate surface area is 175 Å². The third kappa shape index (κ3) is 3.94. The third-order valence-corrected chi connectivity index (χ3v) is 6.89. The number of benzene rings is 1. The molecule has 1 N–H and O–H groups in total. The molecule has 3 heteroatoms. The summed E-state index contributed by atoms with van der Waals surface area (Å²) < 4.78 is 0. The predicted octanol–water partition coefficient (Wildman–Crippen LogP) is 4.94. The van der Waals surface area contributed by atoms with E-state index in [-0.39, 0.29) is 5.41 Å². The van der Waals surface area contributed by atoms with E-state index in [4.69, 9.17) is 4.98 Å². The second-order valence-corrected chi connectivity index (χ2v) is 8.61. The quantitative estimate of drug-likeness (QED) is 0.736. The van der Waals surface area contributed by atoms with Crippen molar-refractivity contribution in [3.8, 4) is 0 Å². The molecule has 1 saturated heterocycles. The van der Waals surface area contributed by atoms with Gasteiger partial charge in [-0.2, -0.15) is 0 Å². The van der Waals surface area contributed by atoms with E-state index in [1.165, 1.54) is 35.2 Å². The van der Waals surface area contributed by atoms with E-state index in [2.05, 4.69) is 73.1 Å². The van der Waals surface area contributed by atoms with Crippen molar-refractivity contribution in [1.82, 2.24) is 15.2 Å². The summed E-state index contributed by atoms with van der Waals surface area (Å²) in [5, 5.41) is 3.71. The Balaban J connectivity index is 1.60. The molecule has 0 saturated carbocycles. The van der Waals surface area contributed by atoms with Gasteiger partial charge in [-0.25, -0.2) is 0 Å². The van der Waals surface area contributed by atoms with Crippen molar-refractivity contribution in [3.05, 3.63) is 83.7 Å². The van der Waals surface area contributed by atoms with Crippen LogP contribution in [0.25, 0.3) is 5.57 Å². The fourth-order valence-corrected chi connectivity index (χ4v) is 5.30. The van der Waals surface area contributed by atoms with E-state index >= 15 is 0 Å². The Hall–Kier alpha value is -2.23. The standard InChI is InChI=1S/C26H33N3/c1-4-9-20(3)24-13-12-23-25(28-24)16-27-19-26(23)14-15-29(18-22(26)5-2)17-21-10-7-6-8-11-21/h4,6-13,22,27H,1,5,14-19H2,2-3H3/b20-9+. The van der Waals surface area contributed by atoms with Gasteiger partial charge >= 0.3 is 0 Å². The number of rotatable bonds is 5. The van der Waals surface area contributed by atoms with Crippen molar-refractivity contribution in [2.45, 2.75) is 45.2 Å². The van der Waals surface area contributed by atoms with Gasteiger partial charge in [0.05, 0.1) is 11.4 Å². The molecule has 3 heterocycles. The van der Waals surface area contributed by atoms with Gasteiger partial charge in [0.1, 0.15) is 0 Å². The van der Waals surface area contributed by atoms with Gasteiger partial charge in [0.15, 0.2) is 0 Å². The average Bonchev–Trinajstić information content (AvgIpc) is 2.76. The summed E-state index contributed by atoms with van der Waals surface area (Å²) in [6.07, 6.45) is 6.27. The minimum Gasteiger partial charge on any atom is -0.310 e. The summed E-state index contributed by atoms with van der Waals surface area (Å²) >= 11 is 0. The molecule has 2 atom stereocenters. The van der Waals surface area contributed by atoms with Gasteiger partial charge in [-0.1, -0.05) is 68.5 Å². The van der Waals surface area contributed by atoms with Crippen LogP contribution in [0.4, 0.5) is 0 Å². The lowest BCUT2D eigenvalue weighted by atomic mass is 9.63. The first-order valence-corrected chi connectivity index (χ1v) is 10.9. The van der Waals surface area contributed by atoms with Crippen LogP contribution in [-0.2, 0) is 18.5 Å². The van der Waals surface area contributed by atoms with E-state index in [1.54, 1.807) is 0 Å². The highest BCUT2D eigenvalue weighted by Crippen LogP contribution is 2.44. The highest BCUT2D eigenvalue weighted by Gasteiger charge is 2.46. The maximum absolute atomic E-state index is 5.04. The van der Waals surface area contributed by atoms with Crippen LogP contribution in [0, 0.1) is 5.92 Å². The molecule has 1 aromatic heterocycles. The van der Waals surface area contributed by atoms with E-state index in [0.29, 0.717) is 5.92 Å². The van der Waals surface area contributed by atoms with Crippen molar-refractivity contribution in [1.29, 1.82) is 0 Å². The van der Waals surface area contributed by atoms with Crippen molar-refractivity contribution < 1.29 is 0 Å². The summed E-state index contributed by atoms with van der Waals surface area (Å²) in [6.45, 7) is 13.6. The number of pyridine rings is 1. The number of likely N-dealkylation sites (tertiary alicyclic amines) is 1. The summed E-state index contributed by atoms with van der Waals surface area (Å²) in [6, 6.07) is 15.5. The molecule has 0 aliphatic carbocycles. The Morgan fingerprint density at radius 2 is 2.10 bits per heavy atom. The molecular formula is C26H33N3. The fourth-order valence-electron chi connectivity index (χ4n) is 5.30. The maximum Gasteiger partial charge on any atom is 0.0662 e. The molecule has 2 unspecified atom stereocenters. The highest BCUT2D eigenvalue weighted by molar-refractivity contribution is 5.62. The molecule has 0 bridgehead atoms. The van der Waals surface area contributed by atoms with Crippen LogP contribution in [0.15, 0.2) is 61.2 Å². The molecule has 0 radical (unpaired) electrons. The Kier molecular flexibility index (Phi) is 5.98. The molecular weight excluding hydrogens is 354 g/mol. The van der Waals surface area contributed by atoms with Gasteiger partial charge < -0.3 is 5.32 Å². The minimum atomic E-state index is 0.205. The minimum absolute atomic E-state index is 0.205. The molecule has 2 aliphatic heterocycles. The normalized spacial score (nSPS) is 25.0. The van der Waals surface area contributed by atoms with Crippen LogP contribution in [0.2, 0.25) is 0 Å². The monoisotopic (exact) mass is 387 g/mol. The molecule has 29 heavy (non-hydrogen) atoms. The summed E-state index contributed by atoms with van der Waals surface area (Å²) in [5.74, 6) is 0.643. The largest absolute Gasteiger partial charge is 0.310 e. The van der Waals surface area contributed by atoms with Gasteiger partial charge in [-0.05, 0) is 48.6 Å². The lowest BCUT2D eigenvalue weighted by Gasteiger charge is -2.50. The van der Waals surface area contributed by atoms with Crippen molar-refractivity contribution in [2.24, 2.45) is 5.92 Å². The molecule has 4 rings (SSSR count). The van der Waals surface area contributed by atoms with Gasteiger partial charge in [0.25, 0.3) is 0 Å². The first kappa shape index (κ1) is 20.1. The predicted molar refractivity (Wildman–Crippen MR) is 122 cm³/mol. The molecule has 152 valence electrons. The summed E-state index contributed by atoms with van der Waals surface area (Å²) in [4.78, 5) is 7.69. The SMILES string of the molecule is C=C/C=C(\C)c1ccc2c(n1)CNCC21CCN(Cc2ccccc2)CC1CC. The molecule has 1 spiro atoms. The summed E-state index contributed by atoms with van der Waals surface area (Å²) in [7, 11) is 0. The van der Waals surface area contributed by atoms with Crippen LogP contribution in [-0.4, -0.2) is 29.5 Å². The maximum atomic E-state index is 5.04. The smallest absolute Gasteiger partial charge is 0.0662 e. The highest BCUT2D eigenvalue weighted by atomic mass is 15.1. The Bertz CT molecular complexity index is 886. The second kappa shape index (κ2) is 8.64. The lowest BCUT2D eigenvalue weighted by molar-refractivity contribution is 0.0751. The Morgan fingerprint density at radius 3 is 2.86 bits per heavy atom. The molecule has 2 aliphatic rings. The molecule has 3 nitrogen and oxygen atoms in total. The van der Waals surface area contributed by atoms with Gasteiger partial charge in [-0.3, -0.25) is 9.88 Å². The first-order valence-electron chi connectivity index (χ1n) is 10.9. The first-order chi connectivity index (χ1) is 14.2. The van der Waals surface area contributed by atoms with Crippen molar-refractivity contribution in [3.63, 3.8) is 0 Å². The van der Waals surface area contributed by atoms with Crippen LogP contribution in [0.1, 0.15) is 49.2 Å². The zero-order valence-corrected chi connectivity index (χ0v) is 17.8. The van der Waals surface area contributed by atoms with E-state index in [1.807, 2.05) is 12.2 Å². The van der Waals surface area contributed by atoms with Crippen LogP contribution >= 0.6 is 0 Å². The molecule has 1 aromatic carbocycles. The van der Waals surface area contributed by atoms with Crippen molar-refractivity contribution in [2.75, 3.05) is 19.6 Å². The topological polar surface area (TPSA) is 28.2 Å². The average molecular weight is 388 g/mol. The molecule has 2 aromatic rings. The molecule has 0 amide bonds. The van der Waals surface area contributed by atoms with E-state index in [0.717, 1.165) is 38.4 Å². The Morgan fingerprint density at radius 1 is 1.28 bits per heavy atom. The van der Waals surface area contributed by atoms with E-state index in [9.17, 15) is 0 Å². The zero-order chi connectivity index (χ0) is 20.3. The number of aromatic nitrogens is 1. The summed E-state index contributed by atoms with van der Waals surface area (Å²) in [5.41, 5.74) is 6.58. The van der Waals surface area contributed by atoms with Gasteiger partial charge in [0, 0.05) is 31.6 Å². The van der Waals surface area contributed by atoms with Crippen LogP contribution < -0.4 is 5.32 Å². The fraction of sp³-hybridized carbons (Fsp3) is 0.423. The number of fused-ring (bicyclic) bond motifs is 2. The number of nitrogens with zero attached hydrogens (tertiary/aromatic N) is 2. The zero-order valence-electron chi connectivity index (χ0n) is 17.8. The lowest BCUT2D eigenvalue weighted by Crippen LogP contribution is -2.56. The molecule has 1 fully saturated rings. The van der Waals surface area contributed by atoms with E-state index < -0.39 is 0 Å². The third-order valence-electron chi connectivity index (χ3n) is 6.89. The van der Waals surface area contributed by atoms with Crippen molar-refractivity contribution >= 4 is 5.57 Å². The number of hydrogen-bond acceptors (Lipinski definition) is 3. The van der Waals surface area contributed by atoms with Gasteiger partial charge in [-0.15, -0.1) is 0 Å². The number of hydrogen-bond donors (Lipinski definition) is 1. The van der Waals surface area contributed by atoms with Crippen LogP contribution in [0.5, 0.6) is 0 Å². The number of piperidine rings is 1.